The maximum atomic E-state index is 5.44. The Morgan fingerprint density at radius 1 is 1.25 bits per heavy atom. The Morgan fingerprint density at radius 3 is 2.65 bits per heavy atom. The third kappa shape index (κ3) is 3.11. The summed E-state index contributed by atoms with van der Waals surface area (Å²) in [4.78, 5) is 15.4. The molecule has 0 radical (unpaired) electrons. The number of rotatable bonds is 4. The molecule has 1 aromatic heterocycles. The molecule has 1 aliphatic heterocycles. The van der Waals surface area contributed by atoms with Gasteiger partial charge in [0.05, 0.1) is 6.61 Å². The van der Waals surface area contributed by atoms with Crippen LogP contribution in [0.15, 0.2) is 0 Å². The number of hydrogen-bond donors (Lipinski definition) is 1. The van der Waals surface area contributed by atoms with Crippen molar-refractivity contribution in [3.05, 3.63) is 0 Å². The molecular formula is C14H25N5O. The molecule has 6 heteroatoms. The van der Waals surface area contributed by atoms with Crippen molar-refractivity contribution in [3.8, 4) is 6.01 Å². The van der Waals surface area contributed by atoms with Crippen LogP contribution in [0.5, 0.6) is 6.01 Å². The first-order valence-electron chi connectivity index (χ1n) is 7.38. The molecule has 1 saturated heterocycles. The first kappa shape index (κ1) is 14.8. The van der Waals surface area contributed by atoms with Gasteiger partial charge in [-0.25, -0.2) is 0 Å². The maximum Gasteiger partial charge on any atom is 0.323 e. The Bertz CT molecular complexity index is 453. The van der Waals surface area contributed by atoms with Gasteiger partial charge in [0.2, 0.25) is 11.9 Å². The number of anilines is 2. The minimum Gasteiger partial charge on any atom is -0.464 e. The lowest BCUT2D eigenvalue weighted by Crippen LogP contribution is -2.46. The molecule has 1 N–H and O–H groups in total. The highest BCUT2D eigenvalue weighted by atomic mass is 16.5. The zero-order valence-corrected chi connectivity index (χ0v) is 13.1. The number of nitrogens with one attached hydrogen (secondary N) is 1. The molecule has 112 valence electrons. The average Bonchev–Trinajstić information content (AvgIpc) is 2.42. The lowest BCUT2D eigenvalue weighted by Gasteiger charge is -2.41. The van der Waals surface area contributed by atoms with Gasteiger partial charge in [0.1, 0.15) is 0 Å². The molecule has 0 bridgehead atoms. The number of hydrogen-bond acceptors (Lipinski definition) is 6. The predicted octanol–water partition coefficient (Wildman–Crippen LogP) is 2.18. The summed E-state index contributed by atoms with van der Waals surface area (Å²) >= 11 is 0. The SMILES string of the molecule is CCOc1nc(NC)nc(N2CC(C)CC(C)C2C)n1. The topological polar surface area (TPSA) is 63.2 Å². The molecule has 0 amide bonds. The van der Waals surface area contributed by atoms with Crippen molar-refractivity contribution in [2.75, 3.05) is 30.4 Å². The van der Waals surface area contributed by atoms with Gasteiger partial charge in [0.25, 0.3) is 0 Å². The Labute approximate surface area is 121 Å². The summed E-state index contributed by atoms with van der Waals surface area (Å²) in [5, 5.41) is 2.97. The highest BCUT2D eigenvalue weighted by molar-refractivity contribution is 5.39. The summed E-state index contributed by atoms with van der Waals surface area (Å²) in [5.74, 6) is 2.53. The number of nitrogens with zero attached hydrogens (tertiary/aromatic N) is 4. The standard InChI is InChI=1S/C14H25N5O/c1-6-20-14-17-12(15-5)16-13(18-14)19-8-9(2)7-10(3)11(19)4/h9-11H,6-8H2,1-5H3,(H,15,16,17,18). The van der Waals surface area contributed by atoms with Crippen molar-refractivity contribution in [2.24, 2.45) is 11.8 Å². The summed E-state index contributed by atoms with van der Waals surface area (Å²) in [5.41, 5.74) is 0. The molecule has 0 saturated carbocycles. The first-order valence-corrected chi connectivity index (χ1v) is 7.38. The number of piperidine rings is 1. The Hall–Kier alpha value is -1.59. The summed E-state index contributed by atoms with van der Waals surface area (Å²) in [6, 6.07) is 0.813. The fourth-order valence-electron chi connectivity index (χ4n) is 2.76. The van der Waals surface area contributed by atoms with Crippen LogP contribution in [0.2, 0.25) is 0 Å². The third-order valence-corrected chi connectivity index (χ3v) is 3.95. The normalized spacial score (nSPS) is 26.4. The molecule has 0 spiro atoms. The lowest BCUT2D eigenvalue weighted by atomic mass is 9.86. The van der Waals surface area contributed by atoms with Crippen molar-refractivity contribution in [3.63, 3.8) is 0 Å². The van der Waals surface area contributed by atoms with E-state index in [0.29, 0.717) is 42.4 Å². The monoisotopic (exact) mass is 279 g/mol. The lowest BCUT2D eigenvalue weighted by molar-refractivity contribution is 0.288. The summed E-state index contributed by atoms with van der Waals surface area (Å²) < 4.78 is 5.44. The smallest absolute Gasteiger partial charge is 0.323 e. The van der Waals surface area contributed by atoms with Crippen molar-refractivity contribution in [1.29, 1.82) is 0 Å². The Balaban J connectivity index is 2.32. The molecule has 2 heterocycles. The fourth-order valence-corrected chi connectivity index (χ4v) is 2.76. The molecule has 1 aromatic rings. The van der Waals surface area contributed by atoms with E-state index >= 15 is 0 Å². The molecule has 20 heavy (non-hydrogen) atoms. The van der Waals surface area contributed by atoms with E-state index in [1.807, 2.05) is 6.92 Å². The second-order valence-electron chi connectivity index (χ2n) is 5.64. The van der Waals surface area contributed by atoms with Crippen LogP contribution in [0.4, 0.5) is 11.9 Å². The molecule has 1 fully saturated rings. The van der Waals surface area contributed by atoms with Crippen LogP contribution >= 0.6 is 0 Å². The molecule has 0 aliphatic carbocycles. The zero-order valence-electron chi connectivity index (χ0n) is 13.1. The van der Waals surface area contributed by atoms with Crippen LogP contribution in [0, 0.1) is 11.8 Å². The molecular weight excluding hydrogens is 254 g/mol. The van der Waals surface area contributed by atoms with E-state index in [1.54, 1.807) is 7.05 Å². The van der Waals surface area contributed by atoms with Crippen molar-refractivity contribution >= 4 is 11.9 Å². The van der Waals surface area contributed by atoms with Gasteiger partial charge in [0.15, 0.2) is 0 Å². The zero-order chi connectivity index (χ0) is 14.7. The Morgan fingerprint density at radius 2 is 2.00 bits per heavy atom. The highest BCUT2D eigenvalue weighted by Crippen LogP contribution is 2.30. The molecule has 0 aromatic carbocycles. The van der Waals surface area contributed by atoms with E-state index in [1.165, 1.54) is 6.42 Å². The average molecular weight is 279 g/mol. The van der Waals surface area contributed by atoms with Gasteiger partial charge < -0.3 is 15.0 Å². The van der Waals surface area contributed by atoms with Crippen LogP contribution in [-0.2, 0) is 0 Å². The second-order valence-corrected chi connectivity index (χ2v) is 5.64. The predicted molar refractivity (Wildman–Crippen MR) is 80.3 cm³/mol. The van der Waals surface area contributed by atoms with Crippen molar-refractivity contribution < 1.29 is 4.74 Å². The molecule has 2 rings (SSSR count). The van der Waals surface area contributed by atoms with Gasteiger partial charge >= 0.3 is 6.01 Å². The molecule has 6 nitrogen and oxygen atoms in total. The maximum absolute atomic E-state index is 5.44. The number of aromatic nitrogens is 3. The molecule has 3 atom stereocenters. The Kier molecular flexibility index (Phi) is 4.62. The summed E-state index contributed by atoms with van der Waals surface area (Å²) in [6.45, 7) is 10.3. The second kappa shape index (κ2) is 6.24. The van der Waals surface area contributed by atoms with Gasteiger partial charge in [-0.2, -0.15) is 15.0 Å². The van der Waals surface area contributed by atoms with E-state index in [4.69, 9.17) is 4.74 Å². The van der Waals surface area contributed by atoms with E-state index in [0.717, 1.165) is 6.54 Å². The quantitative estimate of drug-likeness (QED) is 0.911. The van der Waals surface area contributed by atoms with E-state index in [-0.39, 0.29) is 0 Å². The first-order chi connectivity index (χ1) is 9.55. The van der Waals surface area contributed by atoms with Gasteiger partial charge in [-0.1, -0.05) is 13.8 Å². The van der Waals surface area contributed by atoms with Gasteiger partial charge in [-0.3, -0.25) is 0 Å². The van der Waals surface area contributed by atoms with E-state index in [2.05, 4.69) is 45.9 Å². The van der Waals surface area contributed by atoms with Crippen LogP contribution < -0.4 is 15.0 Å². The van der Waals surface area contributed by atoms with Crippen LogP contribution in [0.3, 0.4) is 0 Å². The van der Waals surface area contributed by atoms with Crippen LogP contribution in [0.1, 0.15) is 34.1 Å². The van der Waals surface area contributed by atoms with E-state index in [9.17, 15) is 0 Å². The molecule has 1 aliphatic rings. The minimum atomic E-state index is 0.389. The van der Waals surface area contributed by atoms with Crippen molar-refractivity contribution in [1.82, 2.24) is 15.0 Å². The fraction of sp³-hybridized carbons (Fsp3) is 0.786. The van der Waals surface area contributed by atoms with Crippen LogP contribution in [0.25, 0.3) is 0 Å². The summed E-state index contributed by atoms with van der Waals surface area (Å²) in [7, 11) is 1.81. The van der Waals surface area contributed by atoms with Gasteiger partial charge in [-0.05, 0) is 32.1 Å². The van der Waals surface area contributed by atoms with Crippen LogP contribution in [-0.4, -0.2) is 41.2 Å². The van der Waals surface area contributed by atoms with Crippen molar-refractivity contribution in [2.45, 2.75) is 40.2 Å². The largest absolute Gasteiger partial charge is 0.464 e. The number of ether oxygens (including phenoxy) is 1. The summed E-state index contributed by atoms with van der Waals surface area (Å²) in [6.07, 6.45) is 1.25. The van der Waals surface area contributed by atoms with E-state index < -0.39 is 0 Å². The highest BCUT2D eigenvalue weighted by Gasteiger charge is 2.31. The van der Waals surface area contributed by atoms with Gasteiger partial charge in [-0.15, -0.1) is 0 Å². The van der Waals surface area contributed by atoms with Gasteiger partial charge in [0, 0.05) is 19.6 Å². The minimum absolute atomic E-state index is 0.389. The third-order valence-electron chi connectivity index (χ3n) is 3.95. The molecule has 3 unspecified atom stereocenters.